The molecule has 1 N–H and O–H groups in total. The summed E-state index contributed by atoms with van der Waals surface area (Å²) in [6, 6.07) is 5.52. The summed E-state index contributed by atoms with van der Waals surface area (Å²) in [5.74, 6) is 0.829. The van der Waals surface area contributed by atoms with E-state index in [1.807, 2.05) is 12.1 Å². The molecule has 0 saturated heterocycles. The molecule has 1 aromatic carbocycles. The van der Waals surface area contributed by atoms with Crippen LogP contribution >= 0.6 is 11.6 Å². The molecular weight excluding hydrogens is 200 g/mol. The fourth-order valence-electron chi connectivity index (χ4n) is 1.31. The Kier molecular flexibility index (Phi) is 4.23. The topological polar surface area (TPSA) is 29.5 Å². The molecule has 2 nitrogen and oxygen atoms in total. The Morgan fingerprint density at radius 2 is 2.21 bits per heavy atom. The number of halogens is 1. The fourth-order valence-corrected chi connectivity index (χ4v) is 1.50. The van der Waals surface area contributed by atoms with Gasteiger partial charge >= 0.3 is 0 Å². The zero-order chi connectivity index (χ0) is 10.6. The number of hydrogen-bond donors (Lipinski definition) is 1. The van der Waals surface area contributed by atoms with E-state index in [4.69, 9.17) is 16.3 Å². The van der Waals surface area contributed by atoms with Crippen LogP contribution in [0, 0.1) is 0 Å². The van der Waals surface area contributed by atoms with Gasteiger partial charge in [0.15, 0.2) is 0 Å². The van der Waals surface area contributed by atoms with Gasteiger partial charge in [0.1, 0.15) is 5.75 Å². The summed E-state index contributed by atoms with van der Waals surface area (Å²) in [4.78, 5) is 0. The molecule has 0 heterocycles. The van der Waals surface area contributed by atoms with E-state index in [2.05, 4.69) is 0 Å². The van der Waals surface area contributed by atoms with Crippen LogP contribution in [0.3, 0.4) is 0 Å². The zero-order valence-electron chi connectivity index (χ0n) is 8.46. The van der Waals surface area contributed by atoms with Gasteiger partial charge in [0.05, 0.1) is 13.2 Å². The number of benzene rings is 1. The van der Waals surface area contributed by atoms with Gasteiger partial charge in [-0.2, -0.15) is 0 Å². The molecule has 0 aliphatic rings. The van der Waals surface area contributed by atoms with Crippen LogP contribution in [-0.2, 0) is 6.42 Å². The summed E-state index contributed by atoms with van der Waals surface area (Å²) in [7, 11) is 1.63. The number of ether oxygens (including phenoxy) is 1. The lowest BCUT2D eigenvalue weighted by atomic mass is 10.1. The summed E-state index contributed by atoms with van der Waals surface area (Å²) < 4.78 is 5.19. The highest BCUT2D eigenvalue weighted by Gasteiger charge is 2.05. The summed E-state index contributed by atoms with van der Waals surface area (Å²) in [6.07, 6.45) is 1.21. The van der Waals surface area contributed by atoms with Gasteiger partial charge in [-0.3, -0.25) is 0 Å². The van der Waals surface area contributed by atoms with E-state index in [-0.39, 0.29) is 6.10 Å². The first-order chi connectivity index (χ1) is 6.63. The Morgan fingerprint density at radius 3 is 2.79 bits per heavy atom. The number of methoxy groups -OCH3 is 1. The monoisotopic (exact) mass is 214 g/mol. The van der Waals surface area contributed by atoms with Crippen molar-refractivity contribution >= 4 is 11.6 Å². The van der Waals surface area contributed by atoms with Crippen LogP contribution in [0.1, 0.15) is 18.9 Å². The molecule has 0 saturated carbocycles. The molecule has 1 unspecified atom stereocenters. The van der Waals surface area contributed by atoms with Crippen molar-refractivity contribution in [1.29, 1.82) is 0 Å². The van der Waals surface area contributed by atoms with Gasteiger partial charge in [0.25, 0.3) is 0 Å². The molecule has 14 heavy (non-hydrogen) atoms. The summed E-state index contributed by atoms with van der Waals surface area (Å²) in [6.45, 7) is 1.77. The van der Waals surface area contributed by atoms with Crippen molar-refractivity contribution in [2.45, 2.75) is 25.9 Å². The molecule has 1 atom stereocenters. The van der Waals surface area contributed by atoms with Crippen LogP contribution in [0.25, 0.3) is 0 Å². The van der Waals surface area contributed by atoms with Gasteiger partial charge in [-0.1, -0.05) is 11.6 Å². The first-order valence-electron chi connectivity index (χ1n) is 4.64. The normalized spacial score (nSPS) is 12.6. The van der Waals surface area contributed by atoms with Crippen molar-refractivity contribution in [3.05, 3.63) is 28.8 Å². The van der Waals surface area contributed by atoms with Crippen molar-refractivity contribution in [1.82, 2.24) is 0 Å². The van der Waals surface area contributed by atoms with Gasteiger partial charge < -0.3 is 9.84 Å². The third-order valence-corrected chi connectivity index (χ3v) is 2.31. The lowest BCUT2D eigenvalue weighted by Crippen LogP contribution is -2.02. The third kappa shape index (κ3) is 3.20. The molecule has 0 aromatic heterocycles. The van der Waals surface area contributed by atoms with E-state index >= 15 is 0 Å². The zero-order valence-corrected chi connectivity index (χ0v) is 9.21. The SMILES string of the molecule is COc1ccc(Cl)cc1CCC(C)O. The maximum Gasteiger partial charge on any atom is 0.122 e. The van der Waals surface area contributed by atoms with Crippen molar-refractivity contribution in [3.63, 3.8) is 0 Å². The second-order valence-corrected chi connectivity index (χ2v) is 3.78. The molecule has 3 heteroatoms. The van der Waals surface area contributed by atoms with E-state index in [9.17, 15) is 5.11 Å². The van der Waals surface area contributed by atoms with Crippen molar-refractivity contribution in [2.24, 2.45) is 0 Å². The van der Waals surface area contributed by atoms with E-state index < -0.39 is 0 Å². The fraction of sp³-hybridized carbons (Fsp3) is 0.455. The maximum absolute atomic E-state index is 9.17. The first-order valence-corrected chi connectivity index (χ1v) is 5.01. The van der Waals surface area contributed by atoms with Crippen LogP contribution < -0.4 is 4.74 Å². The molecule has 0 spiro atoms. The lowest BCUT2D eigenvalue weighted by molar-refractivity contribution is 0.184. The third-order valence-electron chi connectivity index (χ3n) is 2.07. The molecule has 0 aliphatic heterocycles. The quantitative estimate of drug-likeness (QED) is 0.835. The Balaban J connectivity index is 2.77. The highest BCUT2D eigenvalue weighted by molar-refractivity contribution is 6.30. The molecule has 0 bridgehead atoms. The highest BCUT2D eigenvalue weighted by Crippen LogP contribution is 2.24. The average molecular weight is 215 g/mol. The van der Waals surface area contributed by atoms with Crippen LogP contribution in [0.15, 0.2) is 18.2 Å². The lowest BCUT2D eigenvalue weighted by Gasteiger charge is -2.09. The summed E-state index contributed by atoms with van der Waals surface area (Å²) in [5.41, 5.74) is 1.04. The van der Waals surface area contributed by atoms with Crippen molar-refractivity contribution in [2.75, 3.05) is 7.11 Å². The average Bonchev–Trinajstić information content (AvgIpc) is 2.15. The number of aryl methyl sites for hydroxylation is 1. The van der Waals surface area contributed by atoms with Crippen molar-refractivity contribution < 1.29 is 9.84 Å². The number of aliphatic hydroxyl groups excluding tert-OH is 1. The van der Waals surface area contributed by atoms with Crippen LogP contribution in [0.4, 0.5) is 0 Å². The Bertz CT molecular complexity index is 297. The minimum Gasteiger partial charge on any atom is -0.496 e. The van der Waals surface area contributed by atoms with E-state index in [0.717, 1.165) is 24.2 Å². The van der Waals surface area contributed by atoms with Gasteiger partial charge in [-0.15, -0.1) is 0 Å². The van der Waals surface area contributed by atoms with Gasteiger partial charge in [0, 0.05) is 5.02 Å². The summed E-state index contributed by atoms with van der Waals surface area (Å²) in [5, 5.41) is 9.87. The van der Waals surface area contributed by atoms with Crippen LogP contribution in [0.5, 0.6) is 5.75 Å². The Morgan fingerprint density at radius 1 is 1.50 bits per heavy atom. The Labute approximate surface area is 89.5 Å². The van der Waals surface area contributed by atoms with E-state index in [1.54, 1.807) is 20.1 Å². The largest absolute Gasteiger partial charge is 0.496 e. The molecule has 1 aromatic rings. The van der Waals surface area contributed by atoms with Crippen LogP contribution in [-0.4, -0.2) is 18.3 Å². The maximum atomic E-state index is 9.17. The number of hydrogen-bond acceptors (Lipinski definition) is 2. The standard InChI is InChI=1S/C11H15ClO2/c1-8(13)3-4-9-7-10(12)5-6-11(9)14-2/h5-8,13H,3-4H2,1-2H3. The predicted octanol–water partition coefficient (Wildman–Crippen LogP) is 2.66. The second-order valence-electron chi connectivity index (χ2n) is 3.34. The smallest absolute Gasteiger partial charge is 0.122 e. The predicted molar refractivity (Wildman–Crippen MR) is 58.0 cm³/mol. The molecule has 0 amide bonds. The molecule has 0 radical (unpaired) electrons. The molecule has 0 aliphatic carbocycles. The molecule has 0 fully saturated rings. The molecular formula is C11H15ClO2. The first kappa shape index (κ1) is 11.3. The van der Waals surface area contributed by atoms with Crippen LogP contribution in [0.2, 0.25) is 5.02 Å². The van der Waals surface area contributed by atoms with Crippen molar-refractivity contribution in [3.8, 4) is 5.75 Å². The summed E-state index contributed by atoms with van der Waals surface area (Å²) >= 11 is 5.87. The molecule has 1 rings (SSSR count). The van der Waals surface area contributed by atoms with E-state index in [1.165, 1.54) is 0 Å². The minimum atomic E-state index is -0.293. The van der Waals surface area contributed by atoms with Gasteiger partial charge in [0.2, 0.25) is 0 Å². The van der Waals surface area contributed by atoms with Gasteiger partial charge in [-0.05, 0) is 43.5 Å². The molecule has 78 valence electrons. The second kappa shape index (κ2) is 5.23. The van der Waals surface area contributed by atoms with E-state index in [0.29, 0.717) is 5.02 Å². The highest BCUT2D eigenvalue weighted by atomic mass is 35.5. The number of rotatable bonds is 4. The number of aliphatic hydroxyl groups is 1. The Hall–Kier alpha value is -0.730. The van der Waals surface area contributed by atoms with Gasteiger partial charge in [-0.25, -0.2) is 0 Å². The minimum absolute atomic E-state index is 0.293.